The second-order valence-electron chi connectivity index (χ2n) is 4.71. The Morgan fingerprint density at radius 3 is 2.89 bits per heavy atom. The first-order valence-electron chi connectivity index (χ1n) is 6.33. The van der Waals surface area contributed by atoms with Crippen molar-refractivity contribution in [2.75, 3.05) is 17.2 Å². The van der Waals surface area contributed by atoms with E-state index in [-0.39, 0.29) is 11.9 Å². The van der Waals surface area contributed by atoms with Crippen LogP contribution in [-0.2, 0) is 0 Å². The van der Waals surface area contributed by atoms with Crippen LogP contribution in [0.3, 0.4) is 0 Å². The molecule has 1 aliphatic heterocycles. The monoisotopic (exact) mass is 258 g/mol. The maximum atomic E-state index is 13.3. The molecule has 0 bridgehead atoms. The van der Waals surface area contributed by atoms with Gasteiger partial charge in [-0.2, -0.15) is 0 Å². The summed E-state index contributed by atoms with van der Waals surface area (Å²) in [6.07, 6.45) is 5.28. The first-order chi connectivity index (χ1) is 9.24. The van der Waals surface area contributed by atoms with E-state index in [1.807, 2.05) is 6.07 Å². The van der Waals surface area contributed by atoms with E-state index in [1.165, 1.54) is 6.07 Å². The van der Waals surface area contributed by atoms with Gasteiger partial charge in [-0.15, -0.1) is 0 Å². The molecule has 2 heterocycles. The van der Waals surface area contributed by atoms with Crippen molar-refractivity contribution in [3.05, 3.63) is 48.0 Å². The molecule has 3 rings (SSSR count). The topological polar surface area (TPSA) is 55.0 Å². The van der Waals surface area contributed by atoms with Crippen LogP contribution in [0, 0.1) is 5.82 Å². The highest BCUT2D eigenvalue weighted by atomic mass is 19.1. The van der Waals surface area contributed by atoms with Gasteiger partial charge >= 0.3 is 0 Å². The molecule has 4 nitrogen and oxygen atoms in total. The molecule has 0 saturated carbocycles. The zero-order valence-corrected chi connectivity index (χ0v) is 10.5. The molecule has 1 aromatic carbocycles. The number of nitrogen functional groups attached to an aromatic ring is 1. The first kappa shape index (κ1) is 11.9. The molecule has 1 aliphatic rings. The van der Waals surface area contributed by atoms with Gasteiger partial charge in [-0.25, -0.2) is 14.4 Å². The highest BCUT2D eigenvalue weighted by molar-refractivity contribution is 5.44. The summed E-state index contributed by atoms with van der Waals surface area (Å²) >= 11 is 0. The third kappa shape index (κ3) is 2.36. The molecule has 19 heavy (non-hydrogen) atoms. The van der Waals surface area contributed by atoms with Crippen LogP contribution in [0.4, 0.5) is 16.0 Å². The van der Waals surface area contributed by atoms with Crippen LogP contribution in [0.2, 0.25) is 0 Å². The van der Waals surface area contributed by atoms with E-state index in [9.17, 15) is 4.39 Å². The maximum Gasteiger partial charge on any atom is 0.147 e. The minimum atomic E-state index is -0.201. The van der Waals surface area contributed by atoms with Crippen molar-refractivity contribution in [1.82, 2.24) is 9.97 Å². The Morgan fingerprint density at radius 2 is 2.16 bits per heavy atom. The summed E-state index contributed by atoms with van der Waals surface area (Å²) in [6.45, 7) is 0.903. The molecule has 98 valence electrons. The lowest BCUT2D eigenvalue weighted by Gasteiger charge is -2.25. The van der Waals surface area contributed by atoms with Gasteiger partial charge in [0.05, 0.1) is 18.4 Å². The standard InChI is InChI=1S/C14H15FN4/c15-11-4-1-3-10(7-11)12-5-2-6-19(12)14-9-17-13(16)8-18-14/h1,3-4,7-9,12H,2,5-6H2,(H2,16,17). The van der Waals surface area contributed by atoms with Gasteiger partial charge < -0.3 is 10.6 Å². The molecular weight excluding hydrogens is 243 g/mol. The van der Waals surface area contributed by atoms with Gasteiger partial charge in [0.25, 0.3) is 0 Å². The van der Waals surface area contributed by atoms with Crippen LogP contribution in [-0.4, -0.2) is 16.5 Å². The Morgan fingerprint density at radius 1 is 1.26 bits per heavy atom. The van der Waals surface area contributed by atoms with Crippen LogP contribution >= 0.6 is 0 Å². The fourth-order valence-electron chi connectivity index (χ4n) is 2.58. The van der Waals surface area contributed by atoms with E-state index in [1.54, 1.807) is 24.5 Å². The van der Waals surface area contributed by atoms with E-state index < -0.39 is 0 Å². The van der Waals surface area contributed by atoms with E-state index in [0.717, 1.165) is 30.8 Å². The number of nitrogens with zero attached hydrogens (tertiary/aromatic N) is 3. The molecule has 1 aromatic heterocycles. The average Bonchev–Trinajstić information content (AvgIpc) is 2.89. The number of hydrogen-bond acceptors (Lipinski definition) is 4. The molecule has 1 atom stereocenters. The number of nitrogens with two attached hydrogens (primary N) is 1. The minimum Gasteiger partial charge on any atom is -0.382 e. The molecule has 5 heteroatoms. The van der Waals surface area contributed by atoms with Crippen molar-refractivity contribution >= 4 is 11.6 Å². The Labute approximate surface area is 111 Å². The average molecular weight is 258 g/mol. The molecule has 0 spiro atoms. The minimum absolute atomic E-state index is 0.161. The quantitative estimate of drug-likeness (QED) is 0.899. The van der Waals surface area contributed by atoms with Crippen molar-refractivity contribution in [2.24, 2.45) is 0 Å². The summed E-state index contributed by atoms with van der Waals surface area (Å²) in [6, 6.07) is 6.92. The molecule has 1 saturated heterocycles. The molecule has 0 amide bonds. The molecule has 0 aliphatic carbocycles. The van der Waals surface area contributed by atoms with Gasteiger partial charge in [0.1, 0.15) is 17.5 Å². The van der Waals surface area contributed by atoms with Crippen LogP contribution in [0.1, 0.15) is 24.4 Å². The number of anilines is 2. The Balaban J connectivity index is 1.91. The SMILES string of the molecule is Nc1cnc(N2CCCC2c2cccc(F)c2)cn1. The zero-order valence-electron chi connectivity index (χ0n) is 10.5. The lowest BCUT2D eigenvalue weighted by atomic mass is 10.0. The van der Waals surface area contributed by atoms with Gasteiger partial charge in [0, 0.05) is 6.54 Å². The maximum absolute atomic E-state index is 13.3. The Hall–Kier alpha value is -2.17. The number of benzene rings is 1. The Kier molecular flexibility index (Phi) is 3.03. The fourth-order valence-corrected chi connectivity index (χ4v) is 2.58. The van der Waals surface area contributed by atoms with Crippen molar-refractivity contribution in [3.8, 4) is 0 Å². The lowest BCUT2D eigenvalue weighted by Crippen LogP contribution is -2.23. The largest absolute Gasteiger partial charge is 0.382 e. The number of hydrogen-bond donors (Lipinski definition) is 1. The molecule has 0 radical (unpaired) electrons. The Bertz CT molecular complexity index is 570. The summed E-state index contributed by atoms with van der Waals surface area (Å²) < 4.78 is 13.3. The van der Waals surface area contributed by atoms with E-state index >= 15 is 0 Å². The smallest absolute Gasteiger partial charge is 0.147 e. The predicted molar refractivity (Wildman–Crippen MR) is 72.2 cm³/mol. The molecule has 1 unspecified atom stereocenters. The van der Waals surface area contributed by atoms with Crippen molar-refractivity contribution < 1.29 is 4.39 Å². The summed E-state index contributed by atoms with van der Waals surface area (Å²) in [4.78, 5) is 10.5. The predicted octanol–water partition coefficient (Wildman–Crippen LogP) is 2.54. The first-order valence-corrected chi connectivity index (χ1v) is 6.33. The van der Waals surface area contributed by atoms with Gasteiger partial charge in [-0.3, -0.25) is 0 Å². The molecule has 2 aromatic rings. The van der Waals surface area contributed by atoms with E-state index in [2.05, 4.69) is 14.9 Å². The van der Waals surface area contributed by atoms with Crippen LogP contribution in [0.25, 0.3) is 0 Å². The third-order valence-corrected chi connectivity index (χ3v) is 3.44. The molecule has 1 fully saturated rings. The third-order valence-electron chi connectivity index (χ3n) is 3.44. The second-order valence-corrected chi connectivity index (χ2v) is 4.71. The van der Waals surface area contributed by atoms with Gasteiger partial charge in [-0.05, 0) is 30.5 Å². The van der Waals surface area contributed by atoms with Gasteiger partial charge in [0.15, 0.2) is 0 Å². The lowest BCUT2D eigenvalue weighted by molar-refractivity contribution is 0.618. The van der Waals surface area contributed by atoms with Gasteiger partial charge in [0.2, 0.25) is 0 Å². The second kappa shape index (κ2) is 4.84. The highest BCUT2D eigenvalue weighted by Gasteiger charge is 2.27. The zero-order chi connectivity index (χ0) is 13.2. The number of rotatable bonds is 2. The van der Waals surface area contributed by atoms with Gasteiger partial charge in [-0.1, -0.05) is 12.1 Å². The van der Waals surface area contributed by atoms with Crippen molar-refractivity contribution in [1.29, 1.82) is 0 Å². The number of halogens is 1. The summed E-state index contributed by atoms with van der Waals surface area (Å²) in [5.41, 5.74) is 6.53. The fraction of sp³-hybridized carbons (Fsp3) is 0.286. The van der Waals surface area contributed by atoms with Crippen molar-refractivity contribution in [3.63, 3.8) is 0 Å². The summed E-state index contributed by atoms with van der Waals surface area (Å²) in [7, 11) is 0. The van der Waals surface area contributed by atoms with Crippen LogP contribution < -0.4 is 10.6 Å². The summed E-state index contributed by atoms with van der Waals surface area (Å²) in [5, 5.41) is 0. The molecule has 2 N–H and O–H groups in total. The van der Waals surface area contributed by atoms with Crippen LogP contribution in [0.15, 0.2) is 36.7 Å². The van der Waals surface area contributed by atoms with E-state index in [0.29, 0.717) is 5.82 Å². The normalized spacial score (nSPS) is 18.8. The number of aromatic nitrogens is 2. The highest BCUT2D eigenvalue weighted by Crippen LogP contribution is 2.35. The van der Waals surface area contributed by atoms with Crippen molar-refractivity contribution in [2.45, 2.75) is 18.9 Å². The van der Waals surface area contributed by atoms with Crippen LogP contribution in [0.5, 0.6) is 0 Å². The molecular formula is C14H15FN4. The summed E-state index contributed by atoms with van der Waals surface area (Å²) in [5.74, 6) is 0.999. The van der Waals surface area contributed by atoms with E-state index in [4.69, 9.17) is 5.73 Å².